The van der Waals surface area contributed by atoms with E-state index in [-0.39, 0.29) is 5.91 Å². The standard InChI is InChI=1S/C13H19ClN2O3/c1-18-8-7-15-5-6-16-13(17)11-4-3-10(14)9-12(11)19-2/h3-4,9,15H,5-8H2,1-2H3,(H,16,17). The molecule has 0 fully saturated rings. The summed E-state index contributed by atoms with van der Waals surface area (Å²) in [7, 11) is 3.16. The second kappa shape index (κ2) is 8.74. The Morgan fingerprint density at radius 1 is 1.26 bits per heavy atom. The monoisotopic (exact) mass is 286 g/mol. The van der Waals surface area contributed by atoms with Crippen molar-refractivity contribution in [2.75, 3.05) is 40.5 Å². The Bertz CT molecular complexity index is 413. The van der Waals surface area contributed by atoms with Crippen molar-refractivity contribution in [1.29, 1.82) is 0 Å². The average molecular weight is 287 g/mol. The molecule has 5 nitrogen and oxygen atoms in total. The number of amides is 1. The van der Waals surface area contributed by atoms with Crippen molar-refractivity contribution >= 4 is 17.5 Å². The molecule has 0 saturated heterocycles. The van der Waals surface area contributed by atoms with Crippen LogP contribution in [0.5, 0.6) is 5.75 Å². The first-order valence-corrected chi connectivity index (χ1v) is 6.38. The minimum Gasteiger partial charge on any atom is -0.496 e. The Kier molecular flexibility index (Phi) is 7.25. The number of carbonyl (C=O) groups is 1. The van der Waals surface area contributed by atoms with Crippen LogP contribution in [0.3, 0.4) is 0 Å². The number of ether oxygens (including phenoxy) is 2. The lowest BCUT2D eigenvalue weighted by Gasteiger charge is -2.10. The normalized spacial score (nSPS) is 10.3. The molecule has 0 heterocycles. The SMILES string of the molecule is COCCNCCNC(=O)c1ccc(Cl)cc1OC. The second-order valence-electron chi connectivity index (χ2n) is 3.84. The van der Waals surface area contributed by atoms with Gasteiger partial charge >= 0.3 is 0 Å². The maximum Gasteiger partial charge on any atom is 0.255 e. The van der Waals surface area contributed by atoms with Crippen LogP contribution in [0.2, 0.25) is 5.02 Å². The third-order valence-electron chi connectivity index (χ3n) is 2.48. The van der Waals surface area contributed by atoms with Crippen LogP contribution in [0.25, 0.3) is 0 Å². The summed E-state index contributed by atoms with van der Waals surface area (Å²) in [4.78, 5) is 11.9. The van der Waals surface area contributed by atoms with E-state index in [2.05, 4.69) is 10.6 Å². The fourth-order valence-electron chi connectivity index (χ4n) is 1.51. The topological polar surface area (TPSA) is 59.6 Å². The Balaban J connectivity index is 2.41. The smallest absolute Gasteiger partial charge is 0.255 e. The molecule has 0 spiro atoms. The lowest BCUT2D eigenvalue weighted by Crippen LogP contribution is -2.33. The van der Waals surface area contributed by atoms with E-state index in [1.54, 1.807) is 25.3 Å². The maximum atomic E-state index is 11.9. The van der Waals surface area contributed by atoms with Crippen molar-refractivity contribution in [3.05, 3.63) is 28.8 Å². The zero-order valence-corrected chi connectivity index (χ0v) is 11.9. The zero-order valence-electron chi connectivity index (χ0n) is 11.2. The highest BCUT2D eigenvalue weighted by Crippen LogP contribution is 2.22. The lowest BCUT2D eigenvalue weighted by molar-refractivity contribution is 0.0950. The van der Waals surface area contributed by atoms with E-state index in [1.807, 2.05) is 0 Å². The van der Waals surface area contributed by atoms with Gasteiger partial charge in [-0.2, -0.15) is 0 Å². The molecule has 0 aliphatic heterocycles. The minimum absolute atomic E-state index is 0.179. The molecule has 1 aromatic carbocycles. The molecule has 2 N–H and O–H groups in total. The second-order valence-corrected chi connectivity index (χ2v) is 4.28. The lowest BCUT2D eigenvalue weighted by atomic mass is 10.2. The van der Waals surface area contributed by atoms with Crippen molar-refractivity contribution in [1.82, 2.24) is 10.6 Å². The molecule has 1 amide bonds. The maximum absolute atomic E-state index is 11.9. The molecule has 0 bridgehead atoms. The van der Waals surface area contributed by atoms with Gasteiger partial charge in [0.25, 0.3) is 5.91 Å². The van der Waals surface area contributed by atoms with Gasteiger partial charge in [-0.05, 0) is 18.2 Å². The van der Waals surface area contributed by atoms with Crippen molar-refractivity contribution < 1.29 is 14.3 Å². The Labute approximate surface area is 118 Å². The van der Waals surface area contributed by atoms with E-state index in [0.717, 1.165) is 6.54 Å². The van der Waals surface area contributed by atoms with E-state index in [4.69, 9.17) is 21.1 Å². The summed E-state index contributed by atoms with van der Waals surface area (Å²) < 4.78 is 10.0. The molecular weight excluding hydrogens is 268 g/mol. The van der Waals surface area contributed by atoms with Crippen LogP contribution in [-0.4, -0.2) is 46.4 Å². The number of hydrogen-bond donors (Lipinski definition) is 2. The van der Waals surface area contributed by atoms with Crippen LogP contribution in [0.1, 0.15) is 10.4 Å². The van der Waals surface area contributed by atoms with Gasteiger partial charge in [0.05, 0.1) is 19.3 Å². The molecule has 0 atom stereocenters. The highest BCUT2D eigenvalue weighted by molar-refractivity contribution is 6.30. The molecule has 0 unspecified atom stereocenters. The largest absolute Gasteiger partial charge is 0.496 e. The zero-order chi connectivity index (χ0) is 14.1. The third-order valence-corrected chi connectivity index (χ3v) is 2.71. The quantitative estimate of drug-likeness (QED) is 0.708. The first kappa shape index (κ1) is 15.8. The Morgan fingerprint density at radius 3 is 2.74 bits per heavy atom. The molecular formula is C13H19ClN2O3. The van der Waals surface area contributed by atoms with Gasteiger partial charge in [-0.15, -0.1) is 0 Å². The number of benzene rings is 1. The van der Waals surface area contributed by atoms with Crippen molar-refractivity contribution in [3.8, 4) is 5.75 Å². The highest BCUT2D eigenvalue weighted by atomic mass is 35.5. The molecule has 0 aliphatic rings. The Hall–Kier alpha value is -1.30. The van der Waals surface area contributed by atoms with Gasteiger partial charge in [-0.3, -0.25) is 4.79 Å². The summed E-state index contributed by atoms with van der Waals surface area (Å²) in [6.45, 7) is 2.63. The molecule has 106 valence electrons. The summed E-state index contributed by atoms with van der Waals surface area (Å²) in [5.74, 6) is 0.291. The molecule has 19 heavy (non-hydrogen) atoms. The van der Waals surface area contributed by atoms with Gasteiger partial charge in [-0.25, -0.2) is 0 Å². The van der Waals surface area contributed by atoms with Crippen molar-refractivity contribution in [2.24, 2.45) is 0 Å². The summed E-state index contributed by atoms with van der Waals surface area (Å²) >= 11 is 5.84. The van der Waals surface area contributed by atoms with Gasteiger partial charge in [0.2, 0.25) is 0 Å². The summed E-state index contributed by atoms with van der Waals surface area (Å²) in [6.07, 6.45) is 0. The molecule has 1 rings (SSSR count). The predicted octanol–water partition coefficient (Wildman–Crippen LogP) is 1.31. The van der Waals surface area contributed by atoms with E-state index < -0.39 is 0 Å². The van der Waals surface area contributed by atoms with E-state index >= 15 is 0 Å². The number of hydrogen-bond acceptors (Lipinski definition) is 4. The van der Waals surface area contributed by atoms with E-state index in [9.17, 15) is 4.79 Å². The average Bonchev–Trinajstić information content (AvgIpc) is 2.42. The minimum atomic E-state index is -0.179. The van der Waals surface area contributed by atoms with E-state index in [0.29, 0.717) is 36.0 Å². The van der Waals surface area contributed by atoms with Gasteiger partial charge in [0.1, 0.15) is 5.75 Å². The molecule has 0 saturated carbocycles. The van der Waals surface area contributed by atoms with Crippen LogP contribution in [0, 0.1) is 0 Å². The summed E-state index contributed by atoms with van der Waals surface area (Å²) in [6, 6.07) is 4.93. The fraction of sp³-hybridized carbons (Fsp3) is 0.462. The number of nitrogens with one attached hydrogen (secondary N) is 2. The number of rotatable bonds is 8. The number of methoxy groups -OCH3 is 2. The van der Waals surface area contributed by atoms with Gasteiger partial charge in [0, 0.05) is 31.8 Å². The van der Waals surface area contributed by atoms with Gasteiger partial charge in [0.15, 0.2) is 0 Å². The fourth-order valence-corrected chi connectivity index (χ4v) is 1.67. The van der Waals surface area contributed by atoms with Crippen molar-refractivity contribution in [3.63, 3.8) is 0 Å². The molecule has 0 aromatic heterocycles. The van der Waals surface area contributed by atoms with Gasteiger partial charge < -0.3 is 20.1 Å². The van der Waals surface area contributed by atoms with Crippen LogP contribution in [-0.2, 0) is 4.74 Å². The predicted molar refractivity (Wildman–Crippen MR) is 75.1 cm³/mol. The van der Waals surface area contributed by atoms with Crippen LogP contribution < -0.4 is 15.4 Å². The molecule has 0 aliphatic carbocycles. The van der Waals surface area contributed by atoms with Crippen LogP contribution in [0.15, 0.2) is 18.2 Å². The number of carbonyl (C=O) groups excluding carboxylic acids is 1. The Morgan fingerprint density at radius 2 is 2.05 bits per heavy atom. The van der Waals surface area contributed by atoms with E-state index in [1.165, 1.54) is 7.11 Å². The van der Waals surface area contributed by atoms with Crippen molar-refractivity contribution in [2.45, 2.75) is 0 Å². The molecule has 6 heteroatoms. The third kappa shape index (κ3) is 5.46. The number of halogens is 1. The summed E-state index contributed by atoms with van der Waals surface area (Å²) in [5, 5.41) is 6.48. The van der Waals surface area contributed by atoms with Gasteiger partial charge in [-0.1, -0.05) is 11.6 Å². The molecule has 0 radical (unpaired) electrons. The summed E-state index contributed by atoms with van der Waals surface area (Å²) in [5.41, 5.74) is 0.476. The highest BCUT2D eigenvalue weighted by Gasteiger charge is 2.11. The van der Waals surface area contributed by atoms with Crippen LogP contribution >= 0.6 is 11.6 Å². The first-order chi connectivity index (χ1) is 9.19. The molecule has 1 aromatic rings. The van der Waals surface area contributed by atoms with Crippen LogP contribution in [0.4, 0.5) is 0 Å². The first-order valence-electron chi connectivity index (χ1n) is 6.00.